The third-order valence-corrected chi connectivity index (χ3v) is 10.2. The quantitative estimate of drug-likeness (QED) is 0.150. The largest absolute Gasteiger partial charge is 0.461 e. The van der Waals surface area contributed by atoms with Gasteiger partial charge in [0.1, 0.15) is 35.9 Å². The smallest absolute Gasteiger partial charge is 0.319 e. The number of aromatic nitrogens is 3. The number of alkyl halides is 2. The maximum atomic E-state index is 17.0. The predicted octanol–water partition coefficient (Wildman–Crippen LogP) is 6.50. The second-order valence-electron chi connectivity index (χ2n) is 13.1. The fourth-order valence-electron chi connectivity index (χ4n) is 7.99. The molecule has 2 N–H and O–H groups in total. The summed E-state index contributed by atoms with van der Waals surface area (Å²) in [6.45, 7) is -1.50. The zero-order chi connectivity index (χ0) is 34.4. The highest BCUT2D eigenvalue weighted by molar-refractivity contribution is 6.04. The van der Waals surface area contributed by atoms with Crippen molar-refractivity contribution in [3.05, 3.63) is 47.4 Å². The van der Waals surface area contributed by atoms with Crippen LogP contribution in [0.3, 0.4) is 0 Å². The molecule has 1 aliphatic carbocycles. The molecule has 3 saturated heterocycles. The van der Waals surface area contributed by atoms with Gasteiger partial charge in [0, 0.05) is 48.3 Å². The lowest BCUT2D eigenvalue weighted by Gasteiger charge is -2.31. The predicted molar refractivity (Wildman–Crippen MR) is 169 cm³/mol. The molecule has 0 spiro atoms. The van der Waals surface area contributed by atoms with E-state index in [2.05, 4.69) is 20.9 Å². The molecule has 5 heterocycles. The van der Waals surface area contributed by atoms with Crippen molar-refractivity contribution in [1.82, 2.24) is 19.9 Å². The van der Waals surface area contributed by atoms with Crippen LogP contribution in [0.25, 0.3) is 32.9 Å². The van der Waals surface area contributed by atoms with Crippen LogP contribution in [0.4, 0.5) is 33.5 Å². The first-order valence-corrected chi connectivity index (χ1v) is 16.0. The number of nitrogen functional groups attached to an aromatic ring is 1. The summed E-state index contributed by atoms with van der Waals surface area (Å²) in [5.74, 6) is -1.43. The van der Waals surface area contributed by atoms with Gasteiger partial charge in [0.25, 0.3) is 0 Å². The van der Waals surface area contributed by atoms with E-state index < -0.39 is 59.5 Å². The SMILES string of the molecule is [2H]C([2H])(Oc1nc(N2CCCCC[C@H]3C2[C@H]3F)c2cnc(-c3cc(N)cc4cc(F)c(F)c(C#C)c34)c(F)c2n1)[C@@]12CCCN1C[C@H](F)C2. The van der Waals surface area contributed by atoms with Crippen LogP contribution in [-0.4, -0.2) is 70.0 Å². The molecule has 4 aliphatic rings. The summed E-state index contributed by atoms with van der Waals surface area (Å²) < 4.78 is 100. The van der Waals surface area contributed by atoms with E-state index in [1.165, 1.54) is 18.3 Å². The summed E-state index contributed by atoms with van der Waals surface area (Å²) in [4.78, 5) is 16.8. The number of fused-ring (bicyclic) bond motifs is 4. The van der Waals surface area contributed by atoms with Gasteiger partial charge >= 0.3 is 6.01 Å². The maximum Gasteiger partial charge on any atom is 0.319 e. The Bertz CT molecular complexity index is 2060. The molecule has 8 rings (SSSR count). The van der Waals surface area contributed by atoms with Gasteiger partial charge in [-0.15, -0.1) is 6.42 Å². The monoisotopic (exact) mass is 650 g/mol. The molecule has 0 bridgehead atoms. The van der Waals surface area contributed by atoms with Crippen molar-refractivity contribution in [3.63, 3.8) is 0 Å². The van der Waals surface area contributed by atoms with Crippen LogP contribution in [0, 0.1) is 35.7 Å². The Morgan fingerprint density at radius 1 is 1.09 bits per heavy atom. The Balaban J connectivity index is 1.33. The lowest BCUT2D eigenvalue weighted by Crippen LogP contribution is -2.43. The number of halogens is 5. The van der Waals surface area contributed by atoms with Crippen LogP contribution in [-0.2, 0) is 0 Å². The minimum Gasteiger partial charge on any atom is -0.461 e. The van der Waals surface area contributed by atoms with Gasteiger partial charge in [-0.25, -0.2) is 22.0 Å². The summed E-state index contributed by atoms with van der Waals surface area (Å²) >= 11 is 0. The lowest BCUT2D eigenvalue weighted by molar-refractivity contribution is 0.107. The number of rotatable bonds is 5. The van der Waals surface area contributed by atoms with E-state index in [9.17, 15) is 13.2 Å². The van der Waals surface area contributed by atoms with Crippen LogP contribution < -0.4 is 15.4 Å². The van der Waals surface area contributed by atoms with Crippen molar-refractivity contribution >= 4 is 33.2 Å². The van der Waals surface area contributed by atoms with Crippen LogP contribution in [0.5, 0.6) is 6.01 Å². The van der Waals surface area contributed by atoms with Crippen molar-refractivity contribution in [2.24, 2.45) is 5.92 Å². The van der Waals surface area contributed by atoms with Crippen molar-refractivity contribution < 1.29 is 29.4 Å². The highest BCUT2D eigenvalue weighted by Crippen LogP contribution is 2.48. The zero-order valence-electron chi connectivity index (χ0n) is 27.4. The van der Waals surface area contributed by atoms with Crippen molar-refractivity contribution in [2.45, 2.75) is 68.9 Å². The molecule has 4 aromatic rings. The van der Waals surface area contributed by atoms with E-state index in [0.29, 0.717) is 38.8 Å². The average Bonchev–Trinajstić information content (AvgIpc) is 3.30. The molecule has 7 nitrogen and oxygen atoms in total. The standard InChI is InChI=1S/C35H33F5N6O/c1-2-21-26-18(12-25(37)27(21)38)11-20(41)13-23(26)30-29(40)31-24(15-42-30)33(46-10-5-3-4-7-22-28(39)32(22)46)44-34(43-31)47-17-35-8-6-9-45(35)16-19(36)14-35/h1,11-13,15,19,22,28,32H,3-10,14,16-17,41H2/t19-,22-,28+,32?,35+/m1/s1/i17D2. The maximum absolute atomic E-state index is 17.0. The molecule has 4 fully saturated rings. The van der Waals surface area contributed by atoms with Crippen molar-refractivity contribution in [3.8, 4) is 29.6 Å². The number of ether oxygens (including phenoxy) is 1. The average molecular weight is 651 g/mol. The highest BCUT2D eigenvalue weighted by atomic mass is 19.2. The second-order valence-corrected chi connectivity index (χ2v) is 13.1. The number of hydrogen-bond donors (Lipinski definition) is 1. The fraction of sp³-hybridized carbons (Fsp3) is 0.457. The molecule has 1 unspecified atom stereocenters. The normalized spacial score (nSPS) is 28.3. The Hall–Kier alpha value is -4.24. The molecule has 12 heteroatoms. The van der Waals surface area contributed by atoms with Crippen LogP contribution in [0.2, 0.25) is 0 Å². The van der Waals surface area contributed by atoms with Gasteiger partial charge in [-0.3, -0.25) is 9.88 Å². The summed E-state index contributed by atoms with van der Waals surface area (Å²) in [6.07, 6.45) is 8.60. The summed E-state index contributed by atoms with van der Waals surface area (Å²) in [6, 6.07) is 2.62. The molecule has 5 atom stereocenters. The Morgan fingerprint density at radius 3 is 2.77 bits per heavy atom. The molecule has 1 saturated carbocycles. The molecule has 2 aromatic heterocycles. The molecule has 0 amide bonds. The Morgan fingerprint density at radius 2 is 1.94 bits per heavy atom. The molecule has 3 aliphatic heterocycles. The molecular formula is C35H33F5N6O. The number of anilines is 2. The van der Waals surface area contributed by atoms with Gasteiger partial charge in [0.2, 0.25) is 0 Å². The number of terminal acetylenes is 1. The van der Waals surface area contributed by atoms with E-state index in [1.54, 1.807) is 9.80 Å². The van der Waals surface area contributed by atoms with Gasteiger partial charge in [-0.2, -0.15) is 9.97 Å². The van der Waals surface area contributed by atoms with Crippen LogP contribution in [0.15, 0.2) is 24.4 Å². The molecule has 0 radical (unpaired) electrons. The molecule has 2 aromatic carbocycles. The molecule has 244 valence electrons. The van der Waals surface area contributed by atoms with Crippen LogP contribution in [0.1, 0.15) is 53.3 Å². The van der Waals surface area contributed by atoms with E-state index in [0.717, 1.165) is 18.9 Å². The highest BCUT2D eigenvalue weighted by Gasteiger charge is 2.55. The first-order chi connectivity index (χ1) is 23.4. The van der Waals surface area contributed by atoms with E-state index in [-0.39, 0.29) is 63.3 Å². The number of nitrogens with zero attached hydrogens (tertiary/aromatic N) is 5. The zero-order valence-corrected chi connectivity index (χ0v) is 25.4. The van der Waals surface area contributed by atoms with Gasteiger partial charge in [0.15, 0.2) is 17.5 Å². The molecule has 47 heavy (non-hydrogen) atoms. The first-order valence-electron chi connectivity index (χ1n) is 17.0. The van der Waals surface area contributed by atoms with E-state index in [4.69, 9.17) is 19.6 Å². The Labute approximate surface area is 271 Å². The topological polar surface area (TPSA) is 80.4 Å². The second kappa shape index (κ2) is 11.2. The van der Waals surface area contributed by atoms with E-state index >= 15 is 8.78 Å². The first kappa shape index (κ1) is 27.8. The number of benzene rings is 2. The number of pyridine rings is 1. The lowest BCUT2D eigenvalue weighted by atomic mass is 9.95. The fourth-order valence-corrected chi connectivity index (χ4v) is 7.99. The molecular weight excluding hydrogens is 615 g/mol. The summed E-state index contributed by atoms with van der Waals surface area (Å²) in [7, 11) is 0. The van der Waals surface area contributed by atoms with Gasteiger partial charge < -0.3 is 15.4 Å². The Kier molecular flexibility index (Phi) is 6.62. The summed E-state index contributed by atoms with van der Waals surface area (Å²) in [5, 5.41) is 0.262. The minimum absolute atomic E-state index is 0.00994. The number of hydrogen-bond acceptors (Lipinski definition) is 7. The minimum atomic E-state index is -2.48. The van der Waals surface area contributed by atoms with Gasteiger partial charge in [0.05, 0.1) is 25.3 Å². The van der Waals surface area contributed by atoms with E-state index in [1.807, 2.05) is 0 Å². The third kappa shape index (κ3) is 4.84. The number of nitrogens with two attached hydrogens (primary N) is 1. The van der Waals surface area contributed by atoms with Crippen molar-refractivity contribution in [2.75, 3.05) is 36.8 Å². The van der Waals surface area contributed by atoms with Gasteiger partial charge in [-0.1, -0.05) is 18.8 Å². The summed E-state index contributed by atoms with van der Waals surface area (Å²) in [5.41, 5.74) is 3.85. The van der Waals surface area contributed by atoms with Gasteiger partial charge in [-0.05, 0) is 55.8 Å². The third-order valence-electron chi connectivity index (χ3n) is 10.2. The van der Waals surface area contributed by atoms with Crippen molar-refractivity contribution in [1.29, 1.82) is 0 Å². The van der Waals surface area contributed by atoms with Crippen LogP contribution >= 0.6 is 0 Å².